The van der Waals surface area contributed by atoms with Crippen molar-refractivity contribution < 1.29 is 18.7 Å². The molecular weight excluding hydrogens is 359 g/mol. The van der Waals surface area contributed by atoms with E-state index in [4.69, 9.17) is 16.3 Å². The first kappa shape index (κ1) is 19.7. The molecule has 1 atom stereocenters. The number of benzene rings is 2. The number of halogens is 2. The Bertz CT molecular complexity index is 768. The number of rotatable bonds is 7. The second kappa shape index (κ2) is 9.20. The quantitative estimate of drug-likeness (QED) is 0.805. The average Bonchev–Trinajstić information content (AvgIpc) is 2.64. The summed E-state index contributed by atoms with van der Waals surface area (Å²) in [5.41, 5.74) is 0.707. The largest absolute Gasteiger partial charge is 0.484 e. The molecule has 138 valence electrons. The van der Waals surface area contributed by atoms with Crippen molar-refractivity contribution >= 4 is 23.4 Å². The molecule has 2 rings (SSSR count). The summed E-state index contributed by atoms with van der Waals surface area (Å²) in [6.45, 7) is 1.54. The van der Waals surface area contributed by atoms with Crippen LogP contribution in [0.2, 0.25) is 5.02 Å². The molecule has 1 N–H and O–H groups in total. The van der Waals surface area contributed by atoms with Gasteiger partial charge in [0.05, 0.1) is 0 Å². The summed E-state index contributed by atoms with van der Waals surface area (Å²) in [6, 6.07) is 11.8. The smallest absolute Gasteiger partial charge is 0.261 e. The van der Waals surface area contributed by atoms with E-state index in [1.54, 1.807) is 43.3 Å². The highest BCUT2D eigenvalue weighted by Gasteiger charge is 2.25. The van der Waals surface area contributed by atoms with Crippen LogP contribution in [0, 0.1) is 5.82 Å². The van der Waals surface area contributed by atoms with E-state index in [9.17, 15) is 14.0 Å². The lowest BCUT2D eigenvalue weighted by Gasteiger charge is -2.28. The van der Waals surface area contributed by atoms with Crippen molar-refractivity contribution in [3.8, 4) is 5.75 Å². The third-order valence-corrected chi connectivity index (χ3v) is 4.07. The molecular formula is C19H20ClFN2O3. The number of carbonyl (C=O) groups is 2. The highest BCUT2D eigenvalue weighted by molar-refractivity contribution is 6.30. The lowest BCUT2D eigenvalue weighted by Crippen LogP contribution is -2.48. The number of nitrogens with one attached hydrogen (secondary N) is 1. The van der Waals surface area contributed by atoms with Gasteiger partial charge in [0.25, 0.3) is 5.91 Å². The Morgan fingerprint density at radius 1 is 1.23 bits per heavy atom. The number of likely N-dealkylation sites (N-methyl/N-ethyl adjacent to an activating group) is 1. The zero-order chi connectivity index (χ0) is 19.1. The fourth-order valence-corrected chi connectivity index (χ4v) is 2.54. The van der Waals surface area contributed by atoms with E-state index in [0.29, 0.717) is 16.3 Å². The van der Waals surface area contributed by atoms with E-state index in [1.807, 2.05) is 0 Å². The SMILES string of the molecule is CNC(=O)[C@H](C)N(Cc1ccc(F)cc1)C(=O)COc1cccc(Cl)c1. The number of ether oxygens (including phenoxy) is 1. The first-order valence-electron chi connectivity index (χ1n) is 8.04. The van der Waals surface area contributed by atoms with Gasteiger partial charge in [0.15, 0.2) is 6.61 Å². The van der Waals surface area contributed by atoms with Crippen LogP contribution in [-0.4, -0.2) is 36.4 Å². The van der Waals surface area contributed by atoms with E-state index < -0.39 is 6.04 Å². The predicted octanol–water partition coefficient (Wildman–Crippen LogP) is 3.02. The molecule has 7 heteroatoms. The van der Waals surface area contributed by atoms with Crippen LogP contribution in [0.5, 0.6) is 5.75 Å². The number of hydrogen-bond donors (Lipinski definition) is 1. The molecule has 0 aliphatic rings. The number of hydrogen-bond acceptors (Lipinski definition) is 3. The molecule has 0 saturated heterocycles. The molecule has 5 nitrogen and oxygen atoms in total. The molecule has 2 amide bonds. The Kier molecular flexibility index (Phi) is 6.97. The highest BCUT2D eigenvalue weighted by Crippen LogP contribution is 2.18. The van der Waals surface area contributed by atoms with Crippen LogP contribution < -0.4 is 10.1 Å². The topological polar surface area (TPSA) is 58.6 Å². The van der Waals surface area contributed by atoms with Crippen molar-refractivity contribution in [3.63, 3.8) is 0 Å². The highest BCUT2D eigenvalue weighted by atomic mass is 35.5. The van der Waals surface area contributed by atoms with Crippen LogP contribution in [0.1, 0.15) is 12.5 Å². The normalized spacial score (nSPS) is 11.5. The van der Waals surface area contributed by atoms with E-state index in [1.165, 1.54) is 24.1 Å². The molecule has 0 spiro atoms. The summed E-state index contributed by atoms with van der Waals surface area (Å²) in [5, 5.41) is 3.02. The van der Waals surface area contributed by atoms with Gasteiger partial charge in [-0.25, -0.2) is 4.39 Å². The third-order valence-electron chi connectivity index (χ3n) is 3.84. The van der Waals surface area contributed by atoms with Crippen LogP contribution in [0.4, 0.5) is 4.39 Å². The van der Waals surface area contributed by atoms with Gasteiger partial charge in [-0.15, -0.1) is 0 Å². The van der Waals surface area contributed by atoms with Gasteiger partial charge in [-0.3, -0.25) is 9.59 Å². The van der Waals surface area contributed by atoms with E-state index in [0.717, 1.165) is 0 Å². The summed E-state index contributed by atoms with van der Waals surface area (Å²) in [6.07, 6.45) is 0. The van der Waals surface area contributed by atoms with Crippen molar-refractivity contribution in [1.29, 1.82) is 0 Å². The summed E-state index contributed by atoms with van der Waals surface area (Å²) < 4.78 is 18.6. The van der Waals surface area contributed by atoms with Crippen LogP contribution in [0.25, 0.3) is 0 Å². The molecule has 0 aliphatic carbocycles. The molecule has 0 aliphatic heterocycles. The molecule has 26 heavy (non-hydrogen) atoms. The average molecular weight is 379 g/mol. The summed E-state index contributed by atoms with van der Waals surface area (Å²) in [4.78, 5) is 26.0. The molecule has 0 bridgehead atoms. The predicted molar refractivity (Wildman–Crippen MR) is 97.4 cm³/mol. The molecule has 2 aromatic carbocycles. The molecule has 0 heterocycles. The maximum Gasteiger partial charge on any atom is 0.261 e. The van der Waals surface area contributed by atoms with Crippen molar-refractivity contribution in [2.45, 2.75) is 19.5 Å². The maximum atomic E-state index is 13.1. The van der Waals surface area contributed by atoms with E-state index >= 15 is 0 Å². The Morgan fingerprint density at radius 3 is 2.54 bits per heavy atom. The van der Waals surface area contributed by atoms with Gasteiger partial charge in [-0.05, 0) is 42.8 Å². The summed E-state index contributed by atoms with van der Waals surface area (Å²) >= 11 is 5.89. The van der Waals surface area contributed by atoms with Crippen molar-refractivity contribution in [1.82, 2.24) is 10.2 Å². The molecule has 2 aromatic rings. The second-order valence-corrected chi connectivity index (χ2v) is 6.12. The molecule has 0 aromatic heterocycles. The minimum Gasteiger partial charge on any atom is -0.484 e. The zero-order valence-electron chi connectivity index (χ0n) is 14.5. The van der Waals surface area contributed by atoms with E-state index in [2.05, 4.69) is 5.32 Å². The van der Waals surface area contributed by atoms with Crippen molar-refractivity contribution in [2.24, 2.45) is 0 Å². The van der Waals surface area contributed by atoms with Crippen molar-refractivity contribution in [2.75, 3.05) is 13.7 Å². The summed E-state index contributed by atoms with van der Waals surface area (Å²) in [7, 11) is 1.50. The first-order chi connectivity index (χ1) is 12.4. The lowest BCUT2D eigenvalue weighted by molar-refractivity contribution is -0.142. The minimum atomic E-state index is -0.708. The Morgan fingerprint density at radius 2 is 1.92 bits per heavy atom. The fraction of sp³-hybridized carbons (Fsp3) is 0.263. The second-order valence-electron chi connectivity index (χ2n) is 5.68. The molecule has 0 unspecified atom stereocenters. The zero-order valence-corrected chi connectivity index (χ0v) is 15.3. The van der Waals surface area contributed by atoms with Crippen LogP contribution in [0.3, 0.4) is 0 Å². The Hall–Kier alpha value is -2.60. The fourth-order valence-electron chi connectivity index (χ4n) is 2.36. The van der Waals surface area contributed by atoms with Gasteiger partial charge < -0.3 is 15.0 Å². The van der Waals surface area contributed by atoms with Gasteiger partial charge in [-0.2, -0.15) is 0 Å². The van der Waals surface area contributed by atoms with Crippen molar-refractivity contribution in [3.05, 3.63) is 64.9 Å². The third kappa shape index (κ3) is 5.46. The monoisotopic (exact) mass is 378 g/mol. The first-order valence-corrected chi connectivity index (χ1v) is 8.42. The minimum absolute atomic E-state index is 0.159. The van der Waals surface area contributed by atoms with Gasteiger partial charge in [-0.1, -0.05) is 29.8 Å². The number of nitrogens with zero attached hydrogens (tertiary/aromatic N) is 1. The molecule has 0 saturated carbocycles. The number of carbonyl (C=O) groups excluding carboxylic acids is 2. The number of amides is 2. The van der Waals surface area contributed by atoms with Crippen LogP contribution in [-0.2, 0) is 16.1 Å². The molecule has 0 fully saturated rings. The Balaban J connectivity index is 2.12. The van der Waals surface area contributed by atoms with Gasteiger partial charge in [0, 0.05) is 18.6 Å². The maximum absolute atomic E-state index is 13.1. The van der Waals surface area contributed by atoms with Crippen LogP contribution in [0.15, 0.2) is 48.5 Å². The summed E-state index contributed by atoms with van der Waals surface area (Å²) in [5.74, 6) is -0.580. The molecule has 0 radical (unpaired) electrons. The van der Waals surface area contributed by atoms with E-state index in [-0.39, 0.29) is 30.8 Å². The Labute approximate surface area is 156 Å². The van der Waals surface area contributed by atoms with Gasteiger partial charge in [0.2, 0.25) is 5.91 Å². The van der Waals surface area contributed by atoms with Gasteiger partial charge >= 0.3 is 0 Å². The van der Waals surface area contributed by atoms with Crippen LogP contribution >= 0.6 is 11.6 Å². The standard InChI is InChI=1S/C19H20ClFN2O3/c1-13(19(25)22-2)23(11-14-6-8-16(21)9-7-14)18(24)12-26-17-5-3-4-15(20)10-17/h3-10,13H,11-12H2,1-2H3,(H,22,25)/t13-/m0/s1. The van der Waals surface area contributed by atoms with Gasteiger partial charge in [0.1, 0.15) is 17.6 Å². The lowest BCUT2D eigenvalue weighted by atomic mass is 10.1.